The lowest BCUT2D eigenvalue weighted by Crippen LogP contribution is -2.25. The molecule has 0 spiro atoms. The van der Waals surface area contributed by atoms with E-state index in [4.69, 9.17) is 32.0 Å². The Labute approximate surface area is 422 Å². The zero-order valence-corrected chi connectivity index (χ0v) is 44.4. The molecule has 0 radical (unpaired) electrons. The normalized spacial score (nSPS) is 12.8. The van der Waals surface area contributed by atoms with E-state index in [-0.39, 0.29) is 50.7 Å². The molecule has 3 heterocycles. The summed E-state index contributed by atoms with van der Waals surface area (Å²) in [6.45, 7) is 30.7. The van der Waals surface area contributed by atoms with Gasteiger partial charge in [-0.1, -0.05) is 144 Å². The van der Waals surface area contributed by atoms with E-state index in [0.717, 1.165) is 62.7 Å². The van der Waals surface area contributed by atoms with Gasteiger partial charge in [-0.05, 0) is 118 Å². The van der Waals surface area contributed by atoms with Crippen molar-refractivity contribution in [2.45, 2.75) is 132 Å². The van der Waals surface area contributed by atoms with E-state index >= 15 is 0 Å². The van der Waals surface area contributed by atoms with Gasteiger partial charge in [0.2, 0.25) is 0 Å². The molecule has 0 aliphatic carbocycles. The smallest absolute Gasteiger partial charge is 0.146 e. The van der Waals surface area contributed by atoms with Crippen LogP contribution < -0.4 is 0 Å². The first-order valence-corrected chi connectivity index (χ1v) is 24.7. The number of aryl methyl sites for hydroxylation is 1. The third-order valence-corrected chi connectivity index (χ3v) is 13.3. The molecule has 13 heteroatoms. The standard InChI is InChI=1S/C41H50N6O2.C17H18ClN3O/c1-38(2,3)24-40(7,8)28-20-26(36(48)34(22-28)46-42-30-15-11-12-16-31(30)43-46)19-27-21-29(41(9,10)25-39(4,5)6)23-35(37(27)49)47-44-32-17-13-14-18-33(32)45-47;1-9-7-10(16(22)11(8-9)17(2,3)4)14-12(18)5-6-13-15(14)20-21-19-13/h11-18,20-23,48-49H,19,24-25H2,1-10H3;5-8,22H,1-4H3,(H,19,20,21). The van der Waals surface area contributed by atoms with Crippen molar-refractivity contribution in [3.63, 3.8) is 0 Å². The molecular weight excluding hydrogens is 906 g/mol. The molecule has 0 amide bonds. The molecule has 0 unspecified atom stereocenters. The number of nitrogens with zero attached hydrogens (tertiary/aromatic N) is 8. The molecule has 3 aromatic heterocycles. The van der Waals surface area contributed by atoms with E-state index in [0.29, 0.717) is 44.2 Å². The fraction of sp³-hybridized carbons (Fsp3) is 0.379. The van der Waals surface area contributed by atoms with Crippen LogP contribution in [-0.4, -0.2) is 60.7 Å². The minimum absolute atomic E-state index is 0.0702. The Bertz CT molecular complexity index is 3210. The van der Waals surface area contributed by atoms with Crippen LogP contribution in [0.3, 0.4) is 0 Å². The first kappa shape index (κ1) is 50.6. The number of nitrogens with one attached hydrogen (secondary N) is 1. The summed E-state index contributed by atoms with van der Waals surface area (Å²) in [6, 6.07) is 31.1. The van der Waals surface area contributed by atoms with Gasteiger partial charge in [0.05, 0.1) is 5.02 Å². The molecule has 0 bridgehead atoms. The summed E-state index contributed by atoms with van der Waals surface area (Å²) in [5.41, 5.74) is 11.7. The molecule has 0 saturated heterocycles. The summed E-state index contributed by atoms with van der Waals surface area (Å²) in [5.74, 6) is 0.410. The Kier molecular flexibility index (Phi) is 13.1. The molecule has 9 aromatic rings. The second-order valence-corrected chi connectivity index (χ2v) is 24.4. The molecule has 9 rings (SSSR count). The second-order valence-electron chi connectivity index (χ2n) is 24.0. The van der Waals surface area contributed by atoms with Crippen LogP contribution in [0.4, 0.5) is 0 Å². The fourth-order valence-corrected chi connectivity index (χ4v) is 10.6. The predicted molar refractivity (Wildman–Crippen MR) is 287 cm³/mol. The van der Waals surface area contributed by atoms with Gasteiger partial charge >= 0.3 is 0 Å². The van der Waals surface area contributed by atoms with Crippen molar-refractivity contribution in [1.29, 1.82) is 0 Å². The van der Waals surface area contributed by atoms with E-state index < -0.39 is 0 Å². The average Bonchev–Trinajstić information content (AvgIpc) is 4.03. The first-order valence-electron chi connectivity index (χ1n) is 24.3. The van der Waals surface area contributed by atoms with Gasteiger partial charge in [-0.15, -0.1) is 30.0 Å². The zero-order chi connectivity index (χ0) is 51.6. The Balaban J connectivity index is 0.000000255. The van der Waals surface area contributed by atoms with Gasteiger partial charge < -0.3 is 15.3 Å². The zero-order valence-electron chi connectivity index (χ0n) is 43.7. The Morgan fingerprint density at radius 1 is 0.521 bits per heavy atom. The van der Waals surface area contributed by atoms with Crippen LogP contribution in [0.25, 0.3) is 55.6 Å². The maximum atomic E-state index is 12.0. The van der Waals surface area contributed by atoms with Gasteiger partial charge in [0.25, 0.3) is 0 Å². The number of H-pyrrole nitrogens is 1. The van der Waals surface area contributed by atoms with Crippen molar-refractivity contribution in [1.82, 2.24) is 45.4 Å². The molecule has 370 valence electrons. The SMILES string of the molecule is CC(C)(C)CC(C)(C)c1cc(Cc2cc(C(C)(C)CC(C)(C)C)cc(-n3nc4ccccc4n3)c2O)c(O)c(-n2nc3ccccc3n2)c1.Cc1cc(-c2c(Cl)ccc3n[nH]nc23)c(O)c(C(C)(C)C)c1. The van der Waals surface area contributed by atoms with Crippen LogP contribution >= 0.6 is 11.6 Å². The van der Waals surface area contributed by atoms with Gasteiger partial charge in [-0.25, -0.2) is 0 Å². The summed E-state index contributed by atoms with van der Waals surface area (Å²) >= 11 is 6.39. The van der Waals surface area contributed by atoms with Gasteiger partial charge in [-0.2, -0.15) is 15.4 Å². The lowest BCUT2D eigenvalue weighted by atomic mass is 9.71. The van der Waals surface area contributed by atoms with Crippen molar-refractivity contribution >= 4 is 44.7 Å². The summed E-state index contributed by atoms with van der Waals surface area (Å²) in [4.78, 5) is 3.07. The Morgan fingerprint density at radius 2 is 0.958 bits per heavy atom. The van der Waals surface area contributed by atoms with Gasteiger partial charge in [-0.3, -0.25) is 0 Å². The third kappa shape index (κ3) is 10.8. The minimum atomic E-state index is -0.231. The predicted octanol–water partition coefficient (Wildman–Crippen LogP) is 14.2. The second kappa shape index (κ2) is 18.4. The molecule has 6 aromatic carbocycles. The van der Waals surface area contributed by atoms with Crippen molar-refractivity contribution in [3.05, 3.63) is 135 Å². The highest BCUT2D eigenvalue weighted by Gasteiger charge is 2.32. The number of rotatable bonds is 9. The number of hydrogen-bond donors (Lipinski definition) is 4. The van der Waals surface area contributed by atoms with E-state index in [1.165, 1.54) is 9.59 Å². The molecule has 12 nitrogen and oxygen atoms in total. The van der Waals surface area contributed by atoms with Gasteiger partial charge in [0.15, 0.2) is 0 Å². The topological polar surface area (TPSA) is 164 Å². The van der Waals surface area contributed by atoms with Crippen LogP contribution in [0.1, 0.15) is 136 Å². The van der Waals surface area contributed by atoms with Crippen LogP contribution in [-0.2, 0) is 22.7 Å². The molecule has 71 heavy (non-hydrogen) atoms. The highest BCUT2D eigenvalue weighted by molar-refractivity contribution is 6.35. The van der Waals surface area contributed by atoms with Crippen LogP contribution in [0.2, 0.25) is 5.02 Å². The molecule has 0 fully saturated rings. The number of phenols is 3. The lowest BCUT2D eigenvalue weighted by Gasteiger charge is -2.34. The van der Waals surface area contributed by atoms with E-state index in [1.807, 2.05) is 85.8 Å². The number of fused-ring (bicyclic) bond motifs is 3. The number of phenolic OH excluding ortho intramolecular Hbond substituents is 3. The van der Waals surface area contributed by atoms with Gasteiger partial charge in [0.1, 0.15) is 61.7 Å². The summed E-state index contributed by atoms with van der Waals surface area (Å²) in [5, 5.41) is 65.2. The third-order valence-electron chi connectivity index (χ3n) is 13.0. The number of aromatic hydroxyl groups is 3. The molecule has 0 aliphatic rings. The van der Waals surface area contributed by atoms with Crippen molar-refractivity contribution in [3.8, 4) is 39.8 Å². The summed E-state index contributed by atoms with van der Waals surface area (Å²) in [6.07, 6.45) is 2.11. The lowest BCUT2D eigenvalue weighted by molar-refractivity contribution is 0.283. The Hall–Kier alpha value is -6.79. The number of hydrogen-bond acceptors (Lipinski definition) is 9. The van der Waals surface area contributed by atoms with E-state index in [2.05, 4.69) is 118 Å². The monoisotopic (exact) mass is 974 g/mol. The van der Waals surface area contributed by atoms with Crippen LogP contribution in [0, 0.1) is 17.8 Å². The van der Waals surface area contributed by atoms with Crippen molar-refractivity contribution < 1.29 is 15.3 Å². The molecule has 0 aliphatic heterocycles. The highest BCUT2D eigenvalue weighted by Crippen LogP contribution is 2.46. The quantitative estimate of drug-likeness (QED) is 0.110. The molecule has 0 saturated carbocycles. The van der Waals surface area contributed by atoms with Crippen molar-refractivity contribution in [2.75, 3.05) is 0 Å². The maximum absolute atomic E-state index is 12.0. The summed E-state index contributed by atoms with van der Waals surface area (Å²) < 4.78 is 0. The van der Waals surface area contributed by atoms with E-state index in [1.54, 1.807) is 6.07 Å². The Morgan fingerprint density at radius 3 is 1.37 bits per heavy atom. The molecule has 4 N–H and O–H groups in total. The molecular formula is C58H68ClN9O3. The number of aromatic nitrogens is 9. The van der Waals surface area contributed by atoms with Crippen molar-refractivity contribution in [2.24, 2.45) is 10.8 Å². The fourth-order valence-electron chi connectivity index (χ4n) is 10.4. The number of aromatic amines is 1. The van der Waals surface area contributed by atoms with Crippen LogP contribution in [0.15, 0.2) is 97.1 Å². The highest BCUT2D eigenvalue weighted by atomic mass is 35.5. The summed E-state index contributed by atoms with van der Waals surface area (Å²) in [7, 11) is 0. The largest absolute Gasteiger partial charge is 0.507 e. The molecule has 0 atom stereocenters. The average molecular weight is 975 g/mol. The minimum Gasteiger partial charge on any atom is -0.507 e. The number of benzene rings is 6. The first-order chi connectivity index (χ1) is 33.1. The number of halogens is 1. The van der Waals surface area contributed by atoms with Gasteiger partial charge in [0, 0.05) is 34.2 Å². The maximum Gasteiger partial charge on any atom is 0.146 e. The van der Waals surface area contributed by atoms with Crippen LogP contribution in [0.5, 0.6) is 17.2 Å². The van der Waals surface area contributed by atoms with E-state index in [9.17, 15) is 15.3 Å².